The van der Waals surface area contributed by atoms with E-state index in [9.17, 15) is 0 Å². The molecule has 0 bridgehead atoms. The first-order valence-electron chi connectivity index (χ1n) is 7.82. The Kier molecular flexibility index (Phi) is 3.36. The lowest BCUT2D eigenvalue weighted by atomic mass is 9.77. The largest absolute Gasteiger partial charge is 0.0622 e. The average Bonchev–Trinajstić information content (AvgIpc) is 2.62. The highest BCUT2D eigenvalue weighted by molar-refractivity contribution is 5.88. The number of hydrogen-bond donors (Lipinski definition) is 0. The molecule has 0 saturated carbocycles. The Labute approximate surface area is 131 Å². The summed E-state index contributed by atoms with van der Waals surface area (Å²) in [5.74, 6) is 0.429. The van der Waals surface area contributed by atoms with Gasteiger partial charge in [-0.15, -0.1) is 0 Å². The van der Waals surface area contributed by atoms with Crippen LogP contribution in [0.25, 0.3) is 11.6 Å². The summed E-state index contributed by atoms with van der Waals surface area (Å²) >= 11 is 0. The molecule has 0 spiro atoms. The quantitative estimate of drug-likeness (QED) is 0.576. The minimum Gasteiger partial charge on any atom is -0.0622 e. The number of allylic oxidation sites excluding steroid dienone is 1. The van der Waals surface area contributed by atoms with Crippen molar-refractivity contribution in [2.24, 2.45) is 0 Å². The minimum absolute atomic E-state index is 0.429. The lowest BCUT2D eigenvalue weighted by molar-refractivity contribution is 0.845. The fraction of sp³-hybridized carbons (Fsp3) is 0.0909. The Morgan fingerprint density at radius 2 is 1.27 bits per heavy atom. The minimum atomic E-state index is 0.429. The lowest BCUT2D eigenvalue weighted by Gasteiger charge is -2.27. The Balaban J connectivity index is 1.87. The zero-order valence-electron chi connectivity index (χ0n) is 12.4. The van der Waals surface area contributed by atoms with Gasteiger partial charge in [0.1, 0.15) is 0 Å². The third-order valence-corrected chi connectivity index (χ3v) is 4.47. The van der Waals surface area contributed by atoms with Gasteiger partial charge in [0.25, 0.3) is 0 Å². The normalized spacial score (nSPS) is 16.7. The van der Waals surface area contributed by atoms with E-state index in [0.717, 1.165) is 6.42 Å². The van der Waals surface area contributed by atoms with Crippen molar-refractivity contribution in [3.63, 3.8) is 0 Å². The summed E-state index contributed by atoms with van der Waals surface area (Å²) in [6.07, 6.45) is 3.44. The summed E-state index contributed by atoms with van der Waals surface area (Å²) in [5.41, 5.74) is 6.94. The van der Waals surface area contributed by atoms with Crippen molar-refractivity contribution in [1.82, 2.24) is 0 Å². The zero-order valence-corrected chi connectivity index (χ0v) is 12.4. The van der Waals surface area contributed by atoms with Crippen molar-refractivity contribution >= 4 is 11.6 Å². The van der Waals surface area contributed by atoms with Crippen LogP contribution in [-0.2, 0) is 6.42 Å². The van der Waals surface area contributed by atoms with Crippen LogP contribution < -0.4 is 0 Å². The Hall–Kier alpha value is -2.60. The van der Waals surface area contributed by atoms with Crippen LogP contribution in [0.15, 0.2) is 84.9 Å². The standard InChI is InChI=1S/C22H18/c1-3-9-17(10-4-1)21-15-19-13-7-8-14-20(19)16-22(21)18-11-5-2-6-12-18/h1-15,22H,16H2/t22-/m0/s1. The molecular weight excluding hydrogens is 264 g/mol. The van der Waals surface area contributed by atoms with Crippen molar-refractivity contribution in [2.75, 3.05) is 0 Å². The summed E-state index contributed by atoms with van der Waals surface area (Å²) < 4.78 is 0. The van der Waals surface area contributed by atoms with Crippen LogP contribution in [0, 0.1) is 0 Å². The molecule has 0 nitrogen and oxygen atoms in total. The van der Waals surface area contributed by atoms with E-state index >= 15 is 0 Å². The molecule has 3 aromatic rings. The molecule has 0 N–H and O–H groups in total. The topological polar surface area (TPSA) is 0 Å². The van der Waals surface area contributed by atoms with E-state index in [0.29, 0.717) is 5.92 Å². The highest BCUT2D eigenvalue weighted by atomic mass is 14.3. The van der Waals surface area contributed by atoms with Gasteiger partial charge in [0.2, 0.25) is 0 Å². The van der Waals surface area contributed by atoms with Gasteiger partial charge in [-0.25, -0.2) is 0 Å². The van der Waals surface area contributed by atoms with Crippen molar-refractivity contribution in [1.29, 1.82) is 0 Å². The maximum atomic E-state index is 2.37. The average molecular weight is 282 g/mol. The summed E-state index contributed by atoms with van der Waals surface area (Å²) in [6, 6.07) is 30.4. The monoisotopic (exact) mass is 282 g/mol. The van der Waals surface area contributed by atoms with Gasteiger partial charge >= 0.3 is 0 Å². The highest BCUT2D eigenvalue weighted by Crippen LogP contribution is 2.40. The first-order chi connectivity index (χ1) is 10.9. The van der Waals surface area contributed by atoms with Crippen LogP contribution in [0.1, 0.15) is 28.2 Å². The SMILES string of the molecule is C1=C(c2ccccc2)[C@H](c2ccccc2)Cc2ccccc21. The summed E-state index contributed by atoms with van der Waals surface area (Å²) in [4.78, 5) is 0. The van der Waals surface area contributed by atoms with E-state index in [4.69, 9.17) is 0 Å². The number of benzene rings is 3. The predicted octanol–water partition coefficient (Wildman–Crippen LogP) is 5.57. The van der Waals surface area contributed by atoms with Crippen molar-refractivity contribution < 1.29 is 0 Å². The molecule has 0 radical (unpaired) electrons. The van der Waals surface area contributed by atoms with Gasteiger partial charge in [-0.05, 0) is 34.2 Å². The molecule has 0 aliphatic heterocycles. The first-order valence-corrected chi connectivity index (χ1v) is 7.82. The van der Waals surface area contributed by atoms with Gasteiger partial charge in [0, 0.05) is 5.92 Å². The van der Waals surface area contributed by atoms with Crippen molar-refractivity contribution in [2.45, 2.75) is 12.3 Å². The fourth-order valence-corrected chi connectivity index (χ4v) is 3.36. The molecule has 1 atom stereocenters. The van der Waals surface area contributed by atoms with E-state index in [2.05, 4.69) is 91.0 Å². The second kappa shape index (κ2) is 5.65. The van der Waals surface area contributed by atoms with Gasteiger partial charge in [0.05, 0.1) is 0 Å². The number of fused-ring (bicyclic) bond motifs is 1. The third kappa shape index (κ3) is 2.37. The Bertz CT molecular complexity index is 798. The summed E-state index contributed by atoms with van der Waals surface area (Å²) in [5, 5.41) is 0. The molecule has 0 heterocycles. The molecule has 0 amide bonds. The van der Waals surface area contributed by atoms with Gasteiger partial charge in [-0.2, -0.15) is 0 Å². The Morgan fingerprint density at radius 1 is 0.636 bits per heavy atom. The third-order valence-electron chi connectivity index (χ3n) is 4.47. The van der Waals surface area contributed by atoms with Gasteiger partial charge in [-0.1, -0.05) is 91.0 Å². The molecule has 0 aromatic heterocycles. The molecule has 0 saturated heterocycles. The van der Waals surface area contributed by atoms with Gasteiger partial charge in [-0.3, -0.25) is 0 Å². The number of rotatable bonds is 2. The van der Waals surface area contributed by atoms with Crippen LogP contribution in [0.5, 0.6) is 0 Å². The zero-order chi connectivity index (χ0) is 14.8. The molecule has 1 aliphatic carbocycles. The predicted molar refractivity (Wildman–Crippen MR) is 93.6 cm³/mol. The van der Waals surface area contributed by atoms with Gasteiger partial charge < -0.3 is 0 Å². The van der Waals surface area contributed by atoms with E-state index in [1.54, 1.807) is 0 Å². The molecular formula is C22H18. The van der Waals surface area contributed by atoms with E-state index in [1.807, 2.05) is 0 Å². The summed E-state index contributed by atoms with van der Waals surface area (Å²) in [7, 11) is 0. The molecule has 1 aliphatic rings. The molecule has 3 aromatic carbocycles. The second-order valence-electron chi connectivity index (χ2n) is 5.83. The molecule has 4 rings (SSSR count). The van der Waals surface area contributed by atoms with Crippen LogP contribution in [0.2, 0.25) is 0 Å². The molecule has 0 heteroatoms. The van der Waals surface area contributed by atoms with E-state index < -0.39 is 0 Å². The smallest absolute Gasteiger partial charge is 0.0136 e. The van der Waals surface area contributed by atoms with Crippen LogP contribution in [0.4, 0.5) is 0 Å². The summed E-state index contributed by atoms with van der Waals surface area (Å²) in [6.45, 7) is 0. The molecule has 106 valence electrons. The molecule has 22 heavy (non-hydrogen) atoms. The Morgan fingerprint density at radius 3 is 2.05 bits per heavy atom. The van der Waals surface area contributed by atoms with Crippen LogP contribution in [0.3, 0.4) is 0 Å². The van der Waals surface area contributed by atoms with Crippen molar-refractivity contribution in [3.05, 3.63) is 107 Å². The van der Waals surface area contributed by atoms with E-state index in [-0.39, 0.29) is 0 Å². The second-order valence-corrected chi connectivity index (χ2v) is 5.83. The molecule has 0 fully saturated rings. The molecule has 0 unspecified atom stereocenters. The lowest BCUT2D eigenvalue weighted by Crippen LogP contribution is -2.11. The number of hydrogen-bond acceptors (Lipinski definition) is 0. The van der Waals surface area contributed by atoms with Crippen LogP contribution in [-0.4, -0.2) is 0 Å². The van der Waals surface area contributed by atoms with Gasteiger partial charge in [0.15, 0.2) is 0 Å². The van der Waals surface area contributed by atoms with Crippen LogP contribution >= 0.6 is 0 Å². The fourth-order valence-electron chi connectivity index (χ4n) is 3.36. The van der Waals surface area contributed by atoms with E-state index in [1.165, 1.54) is 27.8 Å². The first kappa shape index (κ1) is 13.1. The highest BCUT2D eigenvalue weighted by Gasteiger charge is 2.23. The maximum absolute atomic E-state index is 2.37. The maximum Gasteiger partial charge on any atom is 0.0136 e. The van der Waals surface area contributed by atoms with Crippen molar-refractivity contribution in [3.8, 4) is 0 Å².